The molecule has 3 heterocycles. The van der Waals surface area contributed by atoms with Crippen LogP contribution in [-0.4, -0.2) is 40.9 Å². The molecule has 1 unspecified atom stereocenters. The number of pyridine rings is 1. The topological polar surface area (TPSA) is 43.8 Å². The molecule has 5 nitrogen and oxygen atoms in total. The third-order valence-electron chi connectivity index (χ3n) is 3.94. The van der Waals surface area contributed by atoms with Gasteiger partial charge in [0.05, 0.1) is 12.2 Å². The van der Waals surface area contributed by atoms with Crippen molar-refractivity contribution < 1.29 is 0 Å². The van der Waals surface area contributed by atoms with E-state index in [-0.39, 0.29) is 6.17 Å². The summed E-state index contributed by atoms with van der Waals surface area (Å²) < 4.78 is 0. The van der Waals surface area contributed by atoms with Gasteiger partial charge in [-0.15, -0.1) is 0 Å². The SMILES string of the molecule is CN1CCN2C(=N1)c1ccccc1NC2c1ccccn1. The van der Waals surface area contributed by atoms with Crippen LogP contribution in [0.4, 0.5) is 5.69 Å². The summed E-state index contributed by atoms with van der Waals surface area (Å²) in [6.07, 6.45) is 1.87. The number of amidine groups is 1. The van der Waals surface area contributed by atoms with Gasteiger partial charge in [-0.2, -0.15) is 5.10 Å². The van der Waals surface area contributed by atoms with Crippen LogP contribution in [0.25, 0.3) is 0 Å². The number of fused-ring (bicyclic) bond motifs is 3. The van der Waals surface area contributed by atoms with Crippen LogP contribution in [0.5, 0.6) is 0 Å². The molecule has 1 aromatic carbocycles. The average molecular weight is 279 g/mol. The normalized spacial score (nSPS) is 20.2. The molecule has 0 radical (unpaired) electrons. The number of likely N-dealkylation sites (N-methyl/N-ethyl adjacent to an activating group) is 1. The third kappa shape index (κ3) is 2.01. The lowest BCUT2D eigenvalue weighted by Gasteiger charge is -2.43. The molecule has 5 heteroatoms. The number of benzene rings is 1. The zero-order valence-corrected chi connectivity index (χ0v) is 11.9. The lowest BCUT2D eigenvalue weighted by molar-refractivity contribution is 0.228. The van der Waals surface area contributed by atoms with Gasteiger partial charge in [-0.05, 0) is 24.3 Å². The van der Waals surface area contributed by atoms with Crippen LogP contribution in [-0.2, 0) is 0 Å². The predicted octanol–water partition coefficient (Wildman–Crippen LogP) is 2.11. The summed E-state index contributed by atoms with van der Waals surface area (Å²) in [6.45, 7) is 1.84. The Labute approximate surface area is 123 Å². The summed E-state index contributed by atoms with van der Waals surface area (Å²) in [4.78, 5) is 6.81. The summed E-state index contributed by atoms with van der Waals surface area (Å²) >= 11 is 0. The van der Waals surface area contributed by atoms with Gasteiger partial charge in [-0.25, -0.2) is 0 Å². The zero-order chi connectivity index (χ0) is 14.2. The Morgan fingerprint density at radius 2 is 1.95 bits per heavy atom. The van der Waals surface area contributed by atoms with Crippen molar-refractivity contribution in [1.82, 2.24) is 14.9 Å². The first-order valence-corrected chi connectivity index (χ1v) is 7.16. The second-order valence-corrected chi connectivity index (χ2v) is 5.35. The van der Waals surface area contributed by atoms with Gasteiger partial charge in [0, 0.05) is 31.0 Å². The predicted molar refractivity (Wildman–Crippen MR) is 82.9 cm³/mol. The molecule has 0 saturated carbocycles. The molecule has 1 N–H and O–H groups in total. The summed E-state index contributed by atoms with van der Waals surface area (Å²) in [7, 11) is 2.02. The quantitative estimate of drug-likeness (QED) is 0.868. The van der Waals surface area contributed by atoms with E-state index >= 15 is 0 Å². The molecule has 0 spiro atoms. The number of anilines is 1. The molecular formula is C16H17N5. The number of rotatable bonds is 1. The van der Waals surface area contributed by atoms with Crippen LogP contribution in [0.1, 0.15) is 17.4 Å². The largest absolute Gasteiger partial charge is 0.360 e. The van der Waals surface area contributed by atoms with Crippen LogP contribution < -0.4 is 5.32 Å². The number of para-hydroxylation sites is 1. The van der Waals surface area contributed by atoms with Gasteiger partial charge in [-0.1, -0.05) is 18.2 Å². The van der Waals surface area contributed by atoms with E-state index in [0.29, 0.717) is 0 Å². The maximum absolute atomic E-state index is 4.73. The molecule has 21 heavy (non-hydrogen) atoms. The first kappa shape index (κ1) is 12.2. The number of hydrogen-bond donors (Lipinski definition) is 1. The minimum atomic E-state index is 0.0357. The van der Waals surface area contributed by atoms with Gasteiger partial charge in [0.2, 0.25) is 0 Å². The summed E-state index contributed by atoms with van der Waals surface area (Å²) in [5, 5.41) is 10.3. The molecule has 1 aromatic heterocycles. The zero-order valence-electron chi connectivity index (χ0n) is 11.9. The van der Waals surface area contributed by atoms with Crippen molar-refractivity contribution in [1.29, 1.82) is 0 Å². The number of hydrazone groups is 1. The fraction of sp³-hybridized carbons (Fsp3) is 0.250. The van der Waals surface area contributed by atoms with Gasteiger partial charge in [0.25, 0.3) is 0 Å². The monoisotopic (exact) mass is 279 g/mol. The van der Waals surface area contributed by atoms with Crippen molar-refractivity contribution in [2.24, 2.45) is 5.10 Å². The van der Waals surface area contributed by atoms with Crippen molar-refractivity contribution in [3.05, 3.63) is 59.9 Å². The summed E-state index contributed by atoms with van der Waals surface area (Å²) in [5.74, 6) is 1.02. The molecule has 0 fully saturated rings. The van der Waals surface area contributed by atoms with Crippen LogP contribution >= 0.6 is 0 Å². The molecular weight excluding hydrogens is 262 g/mol. The van der Waals surface area contributed by atoms with E-state index in [1.54, 1.807) is 0 Å². The van der Waals surface area contributed by atoms with E-state index in [4.69, 9.17) is 5.10 Å². The van der Waals surface area contributed by atoms with Crippen molar-refractivity contribution >= 4 is 11.5 Å². The molecule has 0 saturated heterocycles. The molecule has 4 rings (SSSR count). The summed E-state index contributed by atoms with van der Waals surface area (Å²) in [5.41, 5.74) is 3.28. The van der Waals surface area contributed by atoms with Crippen LogP contribution in [0.2, 0.25) is 0 Å². The number of hydrogen-bond acceptors (Lipinski definition) is 5. The summed E-state index contributed by atoms with van der Waals surface area (Å²) in [6, 6.07) is 14.3. The molecule has 2 aliphatic heterocycles. The molecule has 2 aliphatic rings. The lowest BCUT2D eigenvalue weighted by Crippen LogP contribution is -2.50. The second-order valence-electron chi connectivity index (χ2n) is 5.35. The van der Waals surface area contributed by atoms with E-state index in [1.165, 1.54) is 0 Å². The maximum atomic E-state index is 4.73. The lowest BCUT2D eigenvalue weighted by atomic mass is 10.0. The maximum Gasteiger partial charge on any atom is 0.160 e. The Morgan fingerprint density at radius 1 is 1.10 bits per heavy atom. The Morgan fingerprint density at radius 3 is 2.81 bits per heavy atom. The first-order valence-electron chi connectivity index (χ1n) is 7.16. The van der Waals surface area contributed by atoms with Crippen LogP contribution in [0, 0.1) is 0 Å². The molecule has 2 aromatic rings. The smallest absolute Gasteiger partial charge is 0.160 e. The molecule has 106 valence electrons. The first-order chi connectivity index (χ1) is 10.3. The Balaban J connectivity index is 1.84. The Bertz CT molecular complexity index is 682. The second kappa shape index (κ2) is 4.77. The van der Waals surface area contributed by atoms with E-state index in [1.807, 2.05) is 36.5 Å². The third-order valence-corrected chi connectivity index (χ3v) is 3.94. The highest BCUT2D eigenvalue weighted by Crippen LogP contribution is 2.33. The van der Waals surface area contributed by atoms with Crippen LogP contribution in [0.15, 0.2) is 53.8 Å². The average Bonchev–Trinajstić information content (AvgIpc) is 2.55. The molecule has 0 aliphatic carbocycles. The van der Waals surface area contributed by atoms with Gasteiger partial charge < -0.3 is 10.2 Å². The van der Waals surface area contributed by atoms with Crippen molar-refractivity contribution in [3.8, 4) is 0 Å². The number of nitrogens with zero attached hydrogens (tertiary/aromatic N) is 4. The minimum Gasteiger partial charge on any atom is -0.360 e. The van der Waals surface area contributed by atoms with Crippen molar-refractivity contribution in [2.45, 2.75) is 6.17 Å². The van der Waals surface area contributed by atoms with Crippen LogP contribution in [0.3, 0.4) is 0 Å². The standard InChI is InChI=1S/C16H17N5/c1-20-10-11-21-15(19-20)12-6-2-3-7-13(12)18-16(21)14-8-4-5-9-17-14/h2-9,16,18H,10-11H2,1H3. The van der Waals surface area contributed by atoms with Crippen molar-refractivity contribution in [3.63, 3.8) is 0 Å². The van der Waals surface area contributed by atoms with E-state index in [9.17, 15) is 0 Å². The Hall–Kier alpha value is -2.56. The van der Waals surface area contributed by atoms with Gasteiger partial charge >= 0.3 is 0 Å². The molecule has 0 bridgehead atoms. The Kier molecular flexibility index (Phi) is 2.77. The minimum absolute atomic E-state index is 0.0357. The number of aromatic nitrogens is 1. The fourth-order valence-electron chi connectivity index (χ4n) is 2.89. The van der Waals surface area contributed by atoms with Gasteiger partial charge in [0.1, 0.15) is 6.17 Å². The highest BCUT2D eigenvalue weighted by atomic mass is 15.5. The van der Waals surface area contributed by atoms with Gasteiger partial charge in [0.15, 0.2) is 5.84 Å². The van der Waals surface area contributed by atoms with E-state index in [0.717, 1.165) is 35.9 Å². The van der Waals surface area contributed by atoms with E-state index in [2.05, 4.69) is 39.5 Å². The number of nitrogens with one attached hydrogen (secondary N) is 1. The highest BCUT2D eigenvalue weighted by molar-refractivity contribution is 6.05. The van der Waals surface area contributed by atoms with Crippen molar-refractivity contribution in [2.75, 3.05) is 25.5 Å². The van der Waals surface area contributed by atoms with E-state index < -0.39 is 0 Å². The molecule has 1 atom stereocenters. The van der Waals surface area contributed by atoms with Gasteiger partial charge in [-0.3, -0.25) is 9.99 Å². The highest BCUT2D eigenvalue weighted by Gasteiger charge is 2.34. The fourth-order valence-corrected chi connectivity index (χ4v) is 2.89. The molecule has 0 amide bonds.